The Morgan fingerprint density at radius 1 is 0.786 bits per heavy atom. The molecule has 3 aromatic carbocycles. The summed E-state index contributed by atoms with van der Waals surface area (Å²) in [7, 11) is 1.82. The minimum atomic E-state index is -0.162. The largest absolute Gasteiger partial charge is 0.457 e. The fraction of sp³-hybridized carbons (Fsp3) is 0.125. The van der Waals surface area contributed by atoms with E-state index in [1.54, 1.807) is 4.68 Å². The normalized spacial score (nSPS) is 12.9. The van der Waals surface area contributed by atoms with Gasteiger partial charge in [0.1, 0.15) is 11.5 Å². The van der Waals surface area contributed by atoms with Crippen molar-refractivity contribution in [2.24, 2.45) is 7.05 Å². The van der Waals surface area contributed by atoms with Gasteiger partial charge in [-0.15, -0.1) is 0 Å². The predicted octanol–water partition coefficient (Wildman–Crippen LogP) is 4.77. The molecule has 2 heterocycles. The van der Waals surface area contributed by atoms with Crippen LogP contribution in [-0.4, -0.2) is 9.36 Å². The third kappa shape index (κ3) is 2.34. The maximum atomic E-state index is 13.4. The monoisotopic (exact) mass is 368 g/mol. The fourth-order valence-electron chi connectivity index (χ4n) is 4.25. The fourth-order valence-corrected chi connectivity index (χ4v) is 4.25. The van der Waals surface area contributed by atoms with E-state index in [9.17, 15) is 4.79 Å². The molecule has 1 aliphatic heterocycles. The van der Waals surface area contributed by atoms with Crippen molar-refractivity contribution in [1.82, 2.24) is 9.36 Å². The molecular weight excluding hydrogens is 348 g/mol. The highest BCUT2D eigenvalue weighted by molar-refractivity contribution is 5.58. The molecule has 0 unspecified atom stereocenters. The molecule has 0 N–H and O–H groups in total. The first-order chi connectivity index (χ1) is 13.7. The molecule has 28 heavy (non-hydrogen) atoms. The quantitative estimate of drug-likeness (QED) is 0.450. The second-order valence-electron chi connectivity index (χ2n) is 7.09. The molecule has 138 valence electrons. The van der Waals surface area contributed by atoms with Crippen LogP contribution in [0.15, 0.2) is 83.7 Å². The van der Waals surface area contributed by atoms with E-state index in [0.29, 0.717) is 0 Å². The van der Waals surface area contributed by atoms with Crippen LogP contribution in [0.5, 0.6) is 11.5 Å². The lowest BCUT2D eigenvalue weighted by molar-refractivity contribution is 0.452. The number of fused-ring (bicyclic) bond motifs is 2. The van der Waals surface area contributed by atoms with Gasteiger partial charge in [0.15, 0.2) is 0 Å². The molecule has 0 bridgehead atoms. The Kier molecular flexibility index (Phi) is 3.72. The summed E-state index contributed by atoms with van der Waals surface area (Å²) >= 11 is 0. The van der Waals surface area contributed by atoms with Crippen LogP contribution < -0.4 is 10.3 Å². The summed E-state index contributed by atoms with van der Waals surface area (Å²) < 4.78 is 9.79. The van der Waals surface area contributed by atoms with Crippen LogP contribution in [0.1, 0.15) is 28.3 Å². The molecule has 0 aliphatic carbocycles. The molecule has 1 aliphatic rings. The molecule has 1 aromatic heterocycles. The van der Waals surface area contributed by atoms with Crippen LogP contribution in [0.2, 0.25) is 0 Å². The van der Waals surface area contributed by atoms with Gasteiger partial charge in [-0.1, -0.05) is 54.6 Å². The standard InChI is InChI=1S/C24H20N2O2/c1-16-22(24(27)25(2)26(16)17-10-4-3-5-11-17)23-18-12-6-8-14-20(18)28-21-15-9-7-13-19(21)23/h3-15,23H,1-2H3. The van der Waals surface area contributed by atoms with E-state index in [2.05, 4.69) is 12.1 Å². The van der Waals surface area contributed by atoms with E-state index in [4.69, 9.17) is 4.74 Å². The topological polar surface area (TPSA) is 36.2 Å². The summed E-state index contributed by atoms with van der Waals surface area (Å²) in [5.74, 6) is 1.45. The molecule has 0 atom stereocenters. The number of para-hydroxylation sites is 3. The van der Waals surface area contributed by atoms with Crippen LogP contribution in [0, 0.1) is 6.92 Å². The van der Waals surface area contributed by atoms with Crippen molar-refractivity contribution < 1.29 is 4.74 Å². The lowest BCUT2D eigenvalue weighted by Gasteiger charge is -2.27. The van der Waals surface area contributed by atoms with E-state index >= 15 is 0 Å². The Labute approximate surface area is 163 Å². The number of ether oxygens (including phenoxy) is 1. The van der Waals surface area contributed by atoms with Crippen molar-refractivity contribution in [2.75, 3.05) is 0 Å². The van der Waals surface area contributed by atoms with Gasteiger partial charge in [-0.2, -0.15) is 0 Å². The van der Waals surface area contributed by atoms with Crippen molar-refractivity contribution in [3.63, 3.8) is 0 Å². The summed E-state index contributed by atoms with van der Waals surface area (Å²) in [5, 5.41) is 0. The molecule has 0 spiro atoms. The van der Waals surface area contributed by atoms with E-state index in [0.717, 1.165) is 39.6 Å². The van der Waals surface area contributed by atoms with Gasteiger partial charge in [-0.05, 0) is 31.2 Å². The van der Waals surface area contributed by atoms with Gasteiger partial charge < -0.3 is 4.74 Å². The average Bonchev–Trinajstić information content (AvgIpc) is 2.95. The van der Waals surface area contributed by atoms with Crippen LogP contribution >= 0.6 is 0 Å². The Bertz CT molecular complexity index is 1190. The van der Waals surface area contributed by atoms with Crippen LogP contribution in [-0.2, 0) is 7.05 Å². The maximum absolute atomic E-state index is 13.4. The summed E-state index contributed by atoms with van der Waals surface area (Å²) in [6, 6.07) is 25.9. The van der Waals surface area contributed by atoms with Gasteiger partial charge in [0, 0.05) is 29.8 Å². The van der Waals surface area contributed by atoms with Gasteiger partial charge in [0.05, 0.1) is 11.3 Å². The number of hydrogen-bond donors (Lipinski definition) is 0. The molecule has 4 nitrogen and oxygen atoms in total. The SMILES string of the molecule is Cc1c(C2c3ccccc3Oc3ccccc32)c(=O)n(C)n1-c1ccccc1. The summed E-state index contributed by atoms with van der Waals surface area (Å²) in [6.07, 6.45) is 0. The highest BCUT2D eigenvalue weighted by atomic mass is 16.5. The molecule has 5 rings (SSSR count). The van der Waals surface area contributed by atoms with E-state index in [-0.39, 0.29) is 11.5 Å². The van der Waals surface area contributed by atoms with Gasteiger partial charge >= 0.3 is 0 Å². The first-order valence-electron chi connectivity index (χ1n) is 9.36. The molecule has 4 aromatic rings. The summed E-state index contributed by atoms with van der Waals surface area (Å²) in [4.78, 5) is 13.4. The maximum Gasteiger partial charge on any atom is 0.271 e. The van der Waals surface area contributed by atoms with Crippen molar-refractivity contribution in [2.45, 2.75) is 12.8 Å². The minimum Gasteiger partial charge on any atom is -0.457 e. The Morgan fingerprint density at radius 2 is 1.32 bits per heavy atom. The molecule has 4 heteroatoms. The first kappa shape index (κ1) is 16.6. The van der Waals surface area contributed by atoms with Gasteiger partial charge in [-0.25, -0.2) is 4.68 Å². The third-order valence-corrected chi connectivity index (χ3v) is 5.50. The number of rotatable bonds is 2. The third-order valence-electron chi connectivity index (χ3n) is 5.50. The van der Waals surface area contributed by atoms with E-state index in [1.165, 1.54) is 0 Å². The Hall–Kier alpha value is -3.53. The highest BCUT2D eigenvalue weighted by Gasteiger charge is 2.33. The number of hydrogen-bond acceptors (Lipinski definition) is 2. The van der Waals surface area contributed by atoms with Crippen LogP contribution in [0.3, 0.4) is 0 Å². The Morgan fingerprint density at radius 3 is 1.93 bits per heavy atom. The van der Waals surface area contributed by atoms with Crippen molar-refractivity contribution in [1.29, 1.82) is 0 Å². The molecular formula is C24H20N2O2. The van der Waals surface area contributed by atoms with E-state index < -0.39 is 0 Å². The number of nitrogens with zero attached hydrogens (tertiary/aromatic N) is 2. The number of aromatic nitrogens is 2. The molecule has 0 fully saturated rings. The second kappa shape index (κ2) is 6.27. The van der Waals surface area contributed by atoms with Crippen LogP contribution in [0.4, 0.5) is 0 Å². The number of benzene rings is 3. The lowest BCUT2D eigenvalue weighted by atomic mass is 9.83. The van der Waals surface area contributed by atoms with Gasteiger partial charge in [0.25, 0.3) is 5.56 Å². The Balaban J connectivity index is 1.81. The first-order valence-corrected chi connectivity index (χ1v) is 9.36. The predicted molar refractivity (Wildman–Crippen MR) is 110 cm³/mol. The van der Waals surface area contributed by atoms with Gasteiger partial charge in [0.2, 0.25) is 0 Å². The van der Waals surface area contributed by atoms with Crippen molar-refractivity contribution >= 4 is 0 Å². The van der Waals surface area contributed by atoms with Crippen molar-refractivity contribution in [3.8, 4) is 17.2 Å². The summed E-state index contributed by atoms with van der Waals surface area (Å²) in [6.45, 7) is 2.02. The zero-order valence-corrected chi connectivity index (χ0v) is 15.8. The molecule has 0 saturated carbocycles. The lowest BCUT2D eigenvalue weighted by Crippen LogP contribution is -2.22. The molecule has 0 radical (unpaired) electrons. The van der Waals surface area contributed by atoms with E-state index in [1.807, 2.05) is 85.4 Å². The van der Waals surface area contributed by atoms with Crippen molar-refractivity contribution in [3.05, 3.63) is 112 Å². The smallest absolute Gasteiger partial charge is 0.271 e. The zero-order valence-electron chi connectivity index (χ0n) is 15.8. The average molecular weight is 368 g/mol. The van der Waals surface area contributed by atoms with Crippen LogP contribution in [0.25, 0.3) is 5.69 Å². The molecule has 0 amide bonds. The van der Waals surface area contributed by atoms with Gasteiger partial charge in [-0.3, -0.25) is 9.48 Å². The zero-order chi connectivity index (χ0) is 19.3. The molecule has 0 saturated heterocycles. The highest BCUT2D eigenvalue weighted by Crippen LogP contribution is 2.47. The summed E-state index contributed by atoms with van der Waals surface area (Å²) in [5.41, 5.74) is 4.75. The second-order valence-corrected chi connectivity index (χ2v) is 7.09. The minimum absolute atomic E-state index is 0.0119.